The average molecular weight is 408 g/mol. The van der Waals surface area contributed by atoms with Gasteiger partial charge in [0, 0.05) is 32.4 Å². The van der Waals surface area contributed by atoms with Crippen molar-refractivity contribution in [1.82, 2.24) is 9.88 Å². The number of rotatable bonds is 5. The average Bonchev–Trinajstić information content (AvgIpc) is 3.55. The SMILES string of the molecule is CCOC(=O)c1ccc(N2CCN(C(=O)C3(c4cc(C)cc(C)c4)CC3)CC2)nc1. The summed E-state index contributed by atoms with van der Waals surface area (Å²) in [6.45, 7) is 9.17. The summed E-state index contributed by atoms with van der Waals surface area (Å²) in [5.74, 6) is 0.733. The van der Waals surface area contributed by atoms with Gasteiger partial charge in [-0.15, -0.1) is 0 Å². The highest BCUT2D eigenvalue weighted by Gasteiger charge is 2.53. The zero-order valence-electron chi connectivity index (χ0n) is 18.0. The van der Waals surface area contributed by atoms with E-state index < -0.39 is 0 Å². The third-order valence-electron chi connectivity index (χ3n) is 6.08. The Balaban J connectivity index is 1.40. The normalized spacial score (nSPS) is 17.6. The van der Waals surface area contributed by atoms with Gasteiger partial charge in [0.25, 0.3) is 0 Å². The number of amides is 1. The highest BCUT2D eigenvalue weighted by molar-refractivity contribution is 5.91. The molecule has 6 heteroatoms. The fourth-order valence-corrected chi connectivity index (χ4v) is 4.35. The molecule has 1 aromatic heterocycles. The van der Waals surface area contributed by atoms with Gasteiger partial charge in [-0.25, -0.2) is 9.78 Å². The second-order valence-corrected chi connectivity index (χ2v) is 8.36. The molecule has 4 rings (SSSR count). The van der Waals surface area contributed by atoms with Gasteiger partial charge < -0.3 is 14.5 Å². The number of benzene rings is 1. The summed E-state index contributed by atoms with van der Waals surface area (Å²) >= 11 is 0. The Bertz CT molecular complexity index is 922. The van der Waals surface area contributed by atoms with Crippen molar-refractivity contribution in [3.05, 3.63) is 58.8 Å². The molecular weight excluding hydrogens is 378 g/mol. The Kier molecular flexibility index (Phi) is 5.50. The smallest absolute Gasteiger partial charge is 0.339 e. The first-order valence-electron chi connectivity index (χ1n) is 10.7. The van der Waals surface area contributed by atoms with Crippen molar-refractivity contribution in [3.8, 4) is 0 Å². The first kappa shape index (κ1) is 20.4. The van der Waals surface area contributed by atoms with Crippen LogP contribution in [0.15, 0.2) is 36.5 Å². The van der Waals surface area contributed by atoms with Crippen LogP contribution >= 0.6 is 0 Å². The van der Waals surface area contributed by atoms with Crippen molar-refractivity contribution < 1.29 is 14.3 Å². The molecule has 2 aliphatic rings. The van der Waals surface area contributed by atoms with Crippen LogP contribution in [-0.2, 0) is 14.9 Å². The van der Waals surface area contributed by atoms with Crippen LogP contribution in [-0.4, -0.2) is 54.5 Å². The van der Waals surface area contributed by atoms with Crippen molar-refractivity contribution in [1.29, 1.82) is 0 Å². The monoisotopic (exact) mass is 407 g/mol. The number of ether oxygens (including phenoxy) is 1. The first-order valence-corrected chi connectivity index (χ1v) is 10.7. The molecule has 30 heavy (non-hydrogen) atoms. The van der Waals surface area contributed by atoms with Crippen LogP contribution < -0.4 is 4.90 Å². The molecule has 1 amide bonds. The maximum atomic E-state index is 13.4. The molecular formula is C24H29N3O3. The highest BCUT2D eigenvalue weighted by atomic mass is 16.5. The lowest BCUT2D eigenvalue weighted by molar-refractivity contribution is -0.134. The van der Waals surface area contributed by atoms with Crippen LogP contribution in [0.25, 0.3) is 0 Å². The van der Waals surface area contributed by atoms with E-state index in [1.54, 1.807) is 19.2 Å². The molecule has 0 spiro atoms. The second-order valence-electron chi connectivity index (χ2n) is 8.36. The van der Waals surface area contributed by atoms with Gasteiger partial charge in [-0.3, -0.25) is 4.79 Å². The van der Waals surface area contributed by atoms with Gasteiger partial charge in [0.2, 0.25) is 5.91 Å². The van der Waals surface area contributed by atoms with Crippen LogP contribution in [0.2, 0.25) is 0 Å². The third kappa shape index (κ3) is 3.91. The molecule has 2 aromatic rings. The molecule has 0 radical (unpaired) electrons. The van der Waals surface area contributed by atoms with Gasteiger partial charge in [-0.05, 0) is 51.3 Å². The quantitative estimate of drug-likeness (QED) is 0.712. The van der Waals surface area contributed by atoms with Crippen molar-refractivity contribution >= 4 is 17.7 Å². The lowest BCUT2D eigenvalue weighted by Gasteiger charge is -2.37. The van der Waals surface area contributed by atoms with Crippen molar-refractivity contribution in [2.75, 3.05) is 37.7 Å². The van der Waals surface area contributed by atoms with E-state index in [1.165, 1.54) is 16.7 Å². The number of nitrogens with zero attached hydrogens (tertiary/aromatic N) is 3. The van der Waals surface area contributed by atoms with Gasteiger partial charge in [-0.2, -0.15) is 0 Å². The summed E-state index contributed by atoms with van der Waals surface area (Å²) in [4.78, 5) is 33.8. The number of aromatic nitrogens is 1. The van der Waals surface area contributed by atoms with E-state index in [0.717, 1.165) is 31.7 Å². The molecule has 1 aromatic carbocycles. The molecule has 1 aliphatic heterocycles. The predicted octanol–water partition coefficient (Wildman–Crippen LogP) is 3.26. The fourth-order valence-electron chi connectivity index (χ4n) is 4.35. The Morgan fingerprint density at radius 3 is 2.23 bits per heavy atom. The Morgan fingerprint density at radius 2 is 1.70 bits per heavy atom. The molecule has 1 saturated carbocycles. The number of hydrogen-bond acceptors (Lipinski definition) is 5. The second kappa shape index (κ2) is 8.09. The van der Waals surface area contributed by atoms with Crippen LogP contribution in [0.4, 0.5) is 5.82 Å². The first-order chi connectivity index (χ1) is 14.4. The molecule has 1 saturated heterocycles. The minimum absolute atomic E-state index is 0.262. The number of carbonyl (C=O) groups is 2. The summed E-state index contributed by atoms with van der Waals surface area (Å²) in [6, 6.07) is 10.1. The van der Waals surface area contributed by atoms with Gasteiger partial charge in [0.15, 0.2) is 0 Å². The zero-order valence-corrected chi connectivity index (χ0v) is 18.0. The number of piperazine rings is 1. The Labute approximate surface area is 177 Å². The summed E-state index contributed by atoms with van der Waals surface area (Å²) in [6.07, 6.45) is 3.43. The standard InChI is InChI=1S/C24H29N3O3/c1-4-30-22(28)19-5-6-21(25-16-19)26-9-11-27(12-10-26)23(29)24(7-8-24)20-14-17(2)13-18(3)15-20/h5-6,13-16H,4,7-12H2,1-3H3. The zero-order chi connectivity index (χ0) is 21.3. The van der Waals surface area contributed by atoms with E-state index in [1.807, 2.05) is 11.0 Å². The van der Waals surface area contributed by atoms with E-state index in [2.05, 4.69) is 41.9 Å². The van der Waals surface area contributed by atoms with Crippen LogP contribution in [0.1, 0.15) is 46.8 Å². The van der Waals surface area contributed by atoms with Gasteiger partial charge >= 0.3 is 5.97 Å². The number of esters is 1. The molecule has 0 unspecified atom stereocenters. The fraction of sp³-hybridized carbons (Fsp3) is 0.458. The molecule has 6 nitrogen and oxygen atoms in total. The number of pyridine rings is 1. The van der Waals surface area contributed by atoms with E-state index in [0.29, 0.717) is 25.3 Å². The maximum Gasteiger partial charge on any atom is 0.339 e. The highest BCUT2D eigenvalue weighted by Crippen LogP contribution is 2.50. The number of aryl methyl sites for hydroxylation is 2. The van der Waals surface area contributed by atoms with E-state index >= 15 is 0 Å². The van der Waals surface area contributed by atoms with Crippen molar-refractivity contribution in [2.45, 2.75) is 39.0 Å². The van der Waals surface area contributed by atoms with Crippen LogP contribution in [0.3, 0.4) is 0 Å². The molecule has 1 aliphatic carbocycles. The summed E-state index contributed by atoms with van der Waals surface area (Å²) in [5, 5.41) is 0. The van der Waals surface area contributed by atoms with E-state index in [9.17, 15) is 9.59 Å². The van der Waals surface area contributed by atoms with Crippen LogP contribution in [0.5, 0.6) is 0 Å². The maximum absolute atomic E-state index is 13.4. The predicted molar refractivity (Wildman–Crippen MR) is 116 cm³/mol. The van der Waals surface area contributed by atoms with Gasteiger partial charge in [0.05, 0.1) is 17.6 Å². The number of anilines is 1. The lowest BCUT2D eigenvalue weighted by Crippen LogP contribution is -2.51. The van der Waals surface area contributed by atoms with Gasteiger partial charge in [0.1, 0.15) is 5.82 Å². The Morgan fingerprint density at radius 1 is 1.03 bits per heavy atom. The number of carbonyl (C=O) groups excluding carboxylic acids is 2. The summed E-state index contributed by atoms with van der Waals surface area (Å²) < 4.78 is 5.01. The number of hydrogen-bond donors (Lipinski definition) is 0. The van der Waals surface area contributed by atoms with Gasteiger partial charge in [-0.1, -0.05) is 29.3 Å². The van der Waals surface area contributed by atoms with Crippen molar-refractivity contribution in [2.24, 2.45) is 0 Å². The van der Waals surface area contributed by atoms with Crippen LogP contribution in [0, 0.1) is 13.8 Å². The molecule has 0 atom stereocenters. The molecule has 2 heterocycles. The molecule has 158 valence electrons. The third-order valence-corrected chi connectivity index (χ3v) is 6.08. The molecule has 2 fully saturated rings. The minimum Gasteiger partial charge on any atom is -0.462 e. The van der Waals surface area contributed by atoms with E-state index in [4.69, 9.17) is 4.74 Å². The largest absolute Gasteiger partial charge is 0.462 e. The molecule has 0 bridgehead atoms. The topological polar surface area (TPSA) is 62.7 Å². The Hall–Kier alpha value is -2.89. The van der Waals surface area contributed by atoms with E-state index in [-0.39, 0.29) is 17.3 Å². The molecule has 0 N–H and O–H groups in total. The lowest BCUT2D eigenvalue weighted by atomic mass is 9.91. The summed E-state index contributed by atoms with van der Waals surface area (Å²) in [5.41, 5.74) is 3.73. The summed E-state index contributed by atoms with van der Waals surface area (Å²) in [7, 11) is 0. The van der Waals surface area contributed by atoms with Crippen molar-refractivity contribution in [3.63, 3.8) is 0 Å². The minimum atomic E-state index is -0.354.